The molecule has 0 aliphatic carbocycles. The van der Waals surface area contributed by atoms with Gasteiger partial charge in [0.15, 0.2) is 0 Å². The van der Waals surface area contributed by atoms with Gasteiger partial charge in [0.1, 0.15) is 23.9 Å². The van der Waals surface area contributed by atoms with Gasteiger partial charge in [0.25, 0.3) is 5.91 Å². The number of phenolic OH excluding ortho intramolecular Hbond substituents is 1. The third-order valence-corrected chi connectivity index (χ3v) is 13.2. The molecule has 3 aliphatic heterocycles. The monoisotopic (exact) mass is 878 g/mol. The number of aromatic hydroxyl groups is 1. The van der Waals surface area contributed by atoms with Crippen molar-refractivity contribution in [2.24, 2.45) is 17.3 Å². The number of hydrazine groups is 1. The highest BCUT2D eigenvalue weighted by molar-refractivity contribution is 5.96. The second-order valence-electron chi connectivity index (χ2n) is 19.1. The molecule has 344 valence electrons. The quantitative estimate of drug-likeness (QED) is 0.140. The first-order chi connectivity index (χ1) is 30.6. The number of hydrogen-bond acceptors (Lipinski definition) is 10. The number of aryl methyl sites for hydroxylation is 1. The second-order valence-corrected chi connectivity index (χ2v) is 19.1. The first kappa shape index (κ1) is 46.7. The summed E-state index contributed by atoms with van der Waals surface area (Å²) in [4.78, 5) is 63.3. The fraction of sp³-hybridized carbons (Fsp3) is 0.540. The number of hydrogen-bond donors (Lipinski definition) is 4. The lowest BCUT2D eigenvalue weighted by Crippen LogP contribution is -2.62. The Kier molecular flexibility index (Phi) is 14.5. The molecule has 5 heterocycles. The SMILES string of the molecule is CCn1c(-c2cccnc2[C@H](C)OC)c2c3cc(ccc31)-c1cc(O)cc(c1)C[C@H](NC(=O)[C@H](C(C)C)N(C)C(=O)[C@@H]1CCCCNC1)C(=O)N1CCC[C@H](N1)C(=O)OCC(C)(C)C2. The van der Waals surface area contributed by atoms with Crippen LogP contribution in [0.2, 0.25) is 0 Å². The summed E-state index contributed by atoms with van der Waals surface area (Å²) >= 11 is 0. The molecule has 0 spiro atoms. The molecule has 5 atom stereocenters. The Morgan fingerprint density at radius 1 is 1.06 bits per heavy atom. The predicted molar refractivity (Wildman–Crippen MR) is 247 cm³/mol. The van der Waals surface area contributed by atoms with Gasteiger partial charge in [-0.1, -0.05) is 46.2 Å². The summed E-state index contributed by atoms with van der Waals surface area (Å²) in [7, 11) is 3.35. The van der Waals surface area contributed by atoms with Crippen molar-refractivity contribution in [1.29, 1.82) is 0 Å². The number of aromatic nitrogens is 2. The minimum atomic E-state index is -1.11. The van der Waals surface area contributed by atoms with Gasteiger partial charge in [-0.25, -0.2) is 5.43 Å². The maximum Gasteiger partial charge on any atom is 0.324 e. The number of fused-ring (bicyclic) bond motifs is 6. The Morgan fingerprint density at radius 2 is 1.86 bits per heavy atom. The Bertz CT molecular complexity index is 2350. The highest BCUT2D eigenvalue weighted by Crippen LogP contribution is 2.42. The van der Waals surface area contributed by atoms with E-state index in [1.165, 1.54) is 9.91 Å². The molecule has 14 heteroatoms. The molecule has 6 bridgehead atoms. The van der Waals surface area contributed by atoms with Crippen LogP contribution in [-0.4, -0.2) is 107 Å². The molecule has 4 N–H and O–H groups in total. The number of likely N-dealkylation sites (N-methyl/N-ethyl adjacent to an activating group) is 1. The largest absolute Gasteiger partial charge is 0.508 e. The third kappa shape index (κ3) is 9.99. The van der Waals surface area contributed by atoms with Gasteiger partial charge in [-0.15, -0.1) is 0 Å². The number of esters is 1. The lowest BCUT2D eigenvalue weighted by molar-refractivity contribution is -0.155. The average molecular weight is 878 g/mol. The molecule has 2 saturated heterocycles. The van der Waals surface area contributed by atoms with Gasteiger partial charge >= 0.3 is 5.97 Å². The number of methoxy groups -OCH3 is 1. The number of nitrogens with one attached hydrogen (secondary N) is 3. The molecule has 0 unspecified atom stereocenters. The maximum atomic E-state index is 14.7. The summed E-state index contributed by atoms with van der Waals surface area (Å²) in [5.41, 5.74) is 9.74. The number of ether oxygens (including phenoxy) is 2. The van der Waals surface area contributed by atoms with E-state index in [1.54, 1.807) is 32.5 Å². The van der Waals surface area contributed by atoms with E-state index >= 15 is 0 Å². The molecule has 2 fully saturated rings. The molecule has 3 aliphatic rings. The van der Waals surface area contributed by atoms with Crippen LogP contribution in [0.1, 0.15) is 96.6 Å². The van der Waals surface area contributed by atoms with Crippen LogP contribution in [0.5, 0.6) is 5.75 Å². The summed E-state index contributed by atoms with van der Waals surface area (Å²) in [6.45, 7) is 14.6. The predicted octanol–water partition coefficient (Wildman–Crippen LogP) is 6.32. The van der Waals surface area contributed by atoms with Crippen LogP contribution >= 0.6 is 0 Å². The summed E-state index contributed by atoms with van der Waals surface area (Å²) < 4.78 is 14.2. The molecule has 0 radical (unpaired) electrons. The first-order valence-corrected chi connectivity index (χ1v) is 23.1. The third-order valence-electron chi connectivity index (χ3n) is 13.2. The highest BCUT2D eigenvalue weighted by atomic mass is 16.5. The molecule has 2 aromatic heterocycles. The van der Waals surface area contributed by atoms with E-state index in [4.69, 9.17) is 14.5 Å². The first-order valence-electron chi connectivity index (χ1n) is 23.1. The number of carbonyl (C=O) groups is 4. The molecular weight excluding hydrogens is 811 g/mol. The Balaban J connectivity index is 1.33. The zero-order chi connectivity index (χ0) is 45.9. The van der Waals surface area contributed by atoms with Gasteiger partial charge in [0.2, 0.25) is 11.8 Å². The number of nitrogens with zero attached hydrogens (tertiary/aromatic N) is 4. The molecule has 2 aromatic carbocycles. The van der Waals surface area contributed by atoms with Gasteiger partial charge in [-0.2, -0.15) is 0 Å². The molecule has 14 nitrogen and oxygen atoms in total. The van der Waals surface area contributed by atoms with Crippen LogP contribution in [0.4, 0.5) is 0 Å². The smallest absolute Gasteiger partial charge is 0.324 e. The van der Waals surface area contributed by atoms with Gasteiger partial charge in [-0.05, 0) is 117 Å². The zero-order valence-electron chi connectivity index (χ0n) is 38.8. The maximum absolute atomic E-state index is 14.7. The normalized spacial score (nSPS) is 21.7. The highest BCUT2D eigenvalue weighted by Gasteiger charge is 2.39. The van der Waals surface area contributed by atoms with Gasteiger partial charge in [0, 0.05) is 68.3 Å². The standard InChI is InChI=1S/C50H67N7O7/c1-9-56-42-18-17-33-26-38(42)39(45(56)37-15-12-20-52-43(37)31(4)63-8)27-50(5,6)29-64-49(62)40-16-13-21-57(54-40)48(61)41(24-32-22-35(33)25-36(58)23-32)53-46(59)44(30(2)3)55(7)47(60)34-14-10-11-19-51-28-34/h12,15,17-18,20,22-23,25-26,30-31,34,40-41,44,51,54,58H,9-11,13-14,16,19,21,24,27-29H2,1-8H3,(H,53,59)/t31-,34+,40-,41-,44-/m0/s1. The van der Waals surface area contributed by atoms with E-state index in [-0.39, 0.29) is 42.6 Å². The van der Waals surface area contributed by atoms with Crippen molar-refractivity contribution in [3.05, 3.63) is 71.5 Å². The van der Waals surface area contributed by atoms with Crippen LogP contribution in [0.25, 0.3) is 33.3 Å². The summed E-state index contributed by atoms with van der Waals surface area (Å²) in [6, 6.07) is 12.9. The van der Waals surface area contributed by atoms with Gasteiger partial charge in [0.05, 0.1) is 30.0 Å². The number of pyridine rings is 1. The fourth-order valence-corrected chi connectivity index (χ4v) is 9.90. The van der Waals surface area contributed by atoms with Crippen molar-refractivity contribution in [3.63, 3.8) is 0 Å². The minimum absolute atomic E-state index is 0.0163. The fourth-order valence-electron chi connectivity index (χ4n) is 9.90. The number of cyclic esters (lactones) is 1. The van der Waals surface area contributed by atoms with Crippen molar-refractivity contribution in [2.75, 3.05) is 40.4 Å². The molecule has 0 saturated carbocycles. The Hall–Kier alpha value is -5.31. The van der Waals surface area contributed by atoms with E-state index < -0.39 is 41.3 Å². The van der Waals surface area contributed by atoms with Crippen molar-refractivity contribution >= 4 is 34.6 Å². The topological polar surface area (TPSA) is 167 Å². The summed E-state index contributed by atoms with van der Waals surface area (Å²) in [6.07, 6.45) is 5.77. The van der Waals surface area contributed by atoms with Crippen molar-refractivity contribution in [3.8, 4) is 28.1 Å². The average Bonchev–Trinajstić information content (AvgIpc) is 3.39. The lowest BCUT2D eigenvalue weighted by Gasteiger charge is -2.37. The van der Waals surface area contributed by atoms with E-state index in [0.717, 1.165) is 70.4 Å². The van der Waals surface area contributed by atoms with E-state index in [0.29, 0.717) is 44.5 Å². The van der Waals surface area contributed by atoms with Crippen LogP contribution in [0, 0.1) is 17.3 Å². The van der Waals surface area contributed by atoms with Gasteiger partial charge < -0.3 is 34.7 Å². The number of rotatable bonds is 9. The Morgan fingerprint density at radius 3 is 2.61 bits per heavy atom. The molecule has 64 heavy (non-hydrogen) atoms. The molecule has 4 aromatic rings. The van der Waals surface area contributed by atoms with E-state index in [9.17, 15) is 24.3 Å². The number of amides is 3. The number of phenols is 1. The minimum Gasteiger partial charge on any atom is -0.508 e. The molecule has 3 amide bonds. The zero-order valence-corrected chi connectivity index (χ0v) is 38.8. The second kappa shape index (κ2) is 19.8. The van der Waals surface area contributed by atoms with Crippen molar-refractivity contribution in [2.45, 2.75) is 117 Å². The van der Waals surface area contributed by atoms with Crippen LogP contribution < -0.4 is 16.1 Å². The van der Waals surface area contributed by atoms with Crippen LogP contribution in [0.3, 0.4) is 0 Å². The van der Waals surface area contributed by atoms with E-state index in [1.807, 2.05) is 39.0 Å². The van der Waals surface area contributed by atoms with E-state index in [2.05, 4.69) is 59.6 Å². The number of benzene rings is 2. The Labute approximate surface area is 377 Å². The summed E-state index contributed by atoms with van der Waals surface area (Å²) in [5, 5.41) is 20.2. The lowest BCUT2D eigenvalue weighted by atomic mass is 9.84. The molecular formula is C50H67N7O7. The van der Waals surface area contributed by atoms with Crippen LogP contribution in [0.15, 0.2) is 54.7 Å². The number of carbonyl (C=O) groups excluding carboxylic acids is 4. The van der Waals surface area contributed by atoms with Crippen LogP contribution in [-0.2, 0) is 48.0 Å². The summed E-state index contributed by atoms with van der Waals surface area (Å²) in [5.74, 6) is -1.94. The van der Waals surface area contributed by atoms with Crippen molar-refractivity contribution < 1.29 is 33.8 Å². The van der Waals surface area contributed by atoms with Crippen molar-refractivity contribution in [1.82, 2.24) is 35.5 Å². The molecule has 7 rings (SSSR count). The van der Waals surface area contributed by atoms with Gasteiger partial charge in [-0.3, -0.25) is 29.2 Å².